The Labute approximate surface area is 98.9 Å². The molecule has 3 heterocycles. The Morgan fingerprint density at radius 1 is 1.35 bits per heavy atom. The van der Waals surface area contributed by atoms with Gasteiger partial charge in [-0.3, -0.25) is 0 Å². The van der Waals surface area contributed by atoms with E-state index in [1.165, 1.54) is 12.3 Å². The van der Waals surface area contributed by atoms with Crippen LogP contribution >= 0.6 is 0 Å². The molecule has 0 amide bonds. The number of aromatic nitrogens is 1. The van der Waals surface area contributed by atoms with Crippen LogP contribution in [0.3, 0.4) is 0 Å². The molecule has 0 saturated carbocycles. The van der Waals surface area contributed by atoms with E-state index in [1.807, 2.05) is 12.1 Å². The number of pyridine rings is 1. The molecule has 3 nitrogen and oxygen atoms in total. The van der Waals surface area contributed by atoms with Gasteiger partial charge in [0.15, 0.2) is 0 Å². The van der Waals surface area contributed by atoms with Crippen LogP contribution in [0.25, 0.3) is 0 Å². The van der Waals surface area contributed by atoms with Crippen molar-refractivity contribution in [1.29, 1.82) is 0 Å². The van der Waals surface area contributed by atoms with Crippen molar-refractivity contribution in [3.05, 3.63) is 48.3 Å². The third kappa shape index (κ3) is 1.90. The second-order valence-corrected chi connectivity index (χ2v) is 4.20. The Morgan fingerprint density at radius 3 is 3.00 bits per heavy atom. The fraction of sp³-hybridized carbons (Fsp3) is 0.308. The van der Waals surface area contributed by atoms with E-state index in [1.54, 1.807) is 12.3 Å². The molecule has 0 aliphatic carbocycles. The minimum atomic E-state index is -0.303. The van der Waals surface area contributed by atoms with E-state index in [9.17, 15) is 4.39 Å². The molecule has 0 bridgehead atoms. The highest BCUT2D eigenvalue weighted by Crippen LogP contribution is 2.35. The van der Waals surface area contributed by atoms with E-state index >= 15 is 0 Å². The van der Waals surface area contributed by atoms with E-state index < -0.39 is 0 Å². The minimum Gasteiger partial charge on any atom is -0.467 e. The molecule has 1 fully saturated rings. The summed E-state index contributed by atoms with van der Waals surface area (Å²) in [4.78, 5) is 6.29. The van der Waals surface area contributed by atoms with Crippen molar-refractivity contribution in [3.8, 4) is 0 Å². The molecule has 88 valence electrons. The van der Waals surface area contributed by atoms with Crippen molar-refractivity contribution in [3.63, 3.8) is 0 Å². The molecule has 0 aromatic carbocycles. The summed E-state index contributed by atoms with van der Waals surface area (Å²) in [5, 5.41) is 0. The topological polar surface area (TPSA) is 29.3 Å². The molecule has 2 aromatic heterocycles. The summed E-state index contributed by atoms with van der Waals surface area (Å²) in [6, 6.07) is 7.26. The molecule has 0 radical (unpaired) electrons. The van der Waals surface area contributed by atoms with E-state index in [0.29, 0.717) is 0 Å². The number of nitrogens with zero attached hydrogens (tertiary/aromatic N) is 2. The standard InChI is InChI=1S/C13H13FN2O/c14-10-5-6-13(15-9-10)16-7-1-3-11(16)12-4-2-8-17-12/h2,4-6,8-9,11H,1,3,7H2/t11-/m0/s1. The van der Waals surface area contributed by atoms with E-state index in [0.717, 1.165) is 31.0 Å². The van der Waals surface area contributed by atoms with Crippen molar-refractivity contribution >= 4 is 5.82 Å². The van der Waals surface area contributed by atoms with Crippen LogP contribution in [0.5, 0.6) is 0 Å². The van der Waals surface area contributed by atoms with Gasteiger partial charge in [-0.25, -0.2) is 9.37 Å². The first kappa shape index (κ1) is 10.3. The first-order chi connectivity index (χ1) is 8.34. The third-order valence-electron chi connectivity index (χ3n) is 3.13. The van der Waals surface area contributed by atoms with Gasteiger partial charge in [0.25, 0.3) is 0 Å². The summed E-state index contributed by atoms with van der Waals surface area (Å²) in [6.07, 6.45) is 5.09. The van der Waals surface area contributed by atoms with Gasteiger partial charge in [0.2, 0.25) is 0 Å². The van der Waals surface area contributed by atoms with Crippen molar-refractivity contribution in [2.45, 2.75) is 18.9 Å². The molecule has 4 heteroatoms. The van der Waals surface area contributed by atoms with Gasteiger partial charge in [-0.15, -0.1) is 0 Å². The van der Waals surface area contributed by atoms with Crippen molar-refractivity contribution < 1.29 is 8.81 Å². The molecule has 0 N–H and O–H groups in total. The predicted molar refractivity (Wildman–Crippen MR) is 62.2 cm³/mol. The molecule has 1 atom stereocenters. The highest BCUT2D eigenvalue weighted by Gasteiger charge is 2.28. The monoisotopic (exact) mass is 232 g/mol. The molecule has 0 spiro atoms. The van der Waals surface area contributed by atoms with Crippen LogP contribution in [0.2, 0.25) is 0 Å². The number of halogens is 1. The molecule has 17 heavy (non-hydrogen) atoms. The maximum atomic E-state index is 12.8. The van der Waals surface area contributed by atoms with Gasteiger partial charge in [-0.1, -0.05) is 0 Å². The summed E-state index contributed by atoms with van der Waals surface area (Å²) in [7, 11) is 0. The maximum Gasteiger partial charge on any atom is 0.141 e. The summed E-state index contributed by atoms with van der Waals surface area (Å²) >= 11 is 0. The fourth-order valence-electron chi connectivity index (χ4n) is 2.36. The van der Waals surface area contributed by atoms with Crippen LogP contribution in [0.4, 0.5) is 10.2 Å². The van der Waals surface area contributed by atoms with Gasteiger partial charge >= 0.3 is 0 Å². The number of hydrogen-bond donors (Lipinski definition) is 0. The second kappa shape index (κ2) is 4.20. The van der Waals surface area contributed by atoms with Gasteiger partial charge in [-0.05, 0) is 37.1 Å². The fourth-order valence-corrected chi connectivity index (χ4v) is 2.36. The number of anilines is 1. The van der Waals surface area contributed by atoms with Gasteiger partial charge < -0.3 is 9.32 Å². The summed E-state index contributed by atoms with van der Waals surface area (Å²) in [5.41, 5.74) is 0. The Hall–Kier alpha value is -1.84. The quantitative estimate of drug-likeness (QED) is 0.796. The summed E-state index contributed by atoms with van der Waals surface area (Å²) < 4.78 is 18.3. The second-order valence-electron chi connectivity index (χ2n) is 4.20. The van der Waals surface area contributed by atoms with E-state index in [-0.39, 0.29) is 11.9 Å². The zero-order chi connectivity index (χ0) is 11.7. The van der Waals surface area contributed by atoms with Crippen LogP contribution in [0.15, 0.2) is 41.1 Å². The SMILES string of the molecule is Fc1ccc(N2CCC[C@H]2c2ccco2)nc1. The smallest absolute Gasteiger partial charge is 0.141 e. The van der Waals surface area contributed by atoms with E-state index in [4.69, 9.17) is 4.42 Å². The zero-order valence-corrected chi connectivity index (χ0v) is 9.34. The average molecular weight is 232 g/mol. The lowest BCUT2D eigenvalue weighted by molar-refractivity contribution is 0.464. The maximum absolute atomic E-state index is 12.8. The van der Waals surface area contributed by atoms with Gasteiger partial charge in [-0.2, -0.15) is 0 Å². The highest BCUT2D eigenvalue weighted by atomic mass is 19.1. The molecule has 2 aromatic rings. The van der Waals surface area contributed by atoms with Crippen molar-refractivity contribution in [2.24, 2.45) is 0 Å². The Morgan fingerprint density at radius 2 is 2.29 bits per heavy atom. The van der Waals surface area contributed by atoms with Crippen molar-refractivity contribution in [2.75, 3.05) is 11.4 Å². The molecule has 1 aliphatic heterocycles. The van der Waals surface area contributed by atoms with Crippen LogP contribution in [-0.4, -0.2) is 11.5 Å². The van der Waals surface area contributed by atoms with Crippen LogP contribution < -0.4 is 4.90 Å². The van der Waals surface area contributed by atoms with E-state index in [2.05, 4.69) is 9.88 Å². The summed E-state index contributed by atoms with van der Waals surface area (Å²) in [5.74, 6) is 1.46. The largest absolute Gasteiger partial charge is 0.467 e. The average Bonchev–Trinajstić information content (AvgIpc) is 3.00. The zero-order valence-electron chi connectivity index (χ0n) is 9.34. The van der Waals surface area contributed by atoms with Gasteiger partial charge in [0, 0.05) is 6.54 Å². The van der Waals surface area contributed by atoms with Crippen LogP contribution in [-0.2, 0) is 0 Å². The lowest BCUT2D eigenvalue weighted by Crippen LogP contribution is -2.23. The summed E-state index contributed by atoms with van der Waals surface area (Å²) in [6.45, 7) is 0.935. The third-order valence-corrected chi connectivity index (χ3v) is 3.13. The van der Waals surface area contributed by atoms with Crippen LogP contribution in [0.1, 0.15) is 24.6 Å². The molecular formula is C13H13FN2O. The first-order valence-corrected chi connectivity index (χ1v) is 5.76. The normalized spacial score (nSPS) is 19.8. The molecule has 1 aliphatic rings. The van der Waals surface area contributed by atoms with Gasteiger partial charge in [0.1, 0.15) is 17.4 Å². The Kier molecular flexibility index (Phi) is 2.55. The number of rotatable bonds is 2. The Balaban J connectivity index is 1.89. The molecule has 3 rings (SSSR count). The number of furan rings is 1. The molecule has 1 saturated heterocycles. The number of hydrogen-bond acceptors (Lipinski definition) is 3. The Bertz CT molecular complexity index is 481. The van der Waals surface area contributed by atoms with Gasteiger partial charge in [0.05, 0.1) is 18.5 Å². The highest BCUT2D eigenvalue weighted by molar-refractivity contribution is 5.42. The van der Waals surface area contributed by atoms with Crippen molar-refractivity contribution in [1.82, 2.24) is 4.98 Å². The predicted octanol–water partition coefficient (Wildman–Crippen LogP) is 3.16. The lowest BCUT2D eigenvalue weighted by atomic mass is 10.1. The molecule has 0 unspecified atom stereocenters. The molecular weight excluding hydrogens is 219 g/mol. The lowest BCUT2D eigenvalue weighted by Gasteiger charge is -2.23. The van der Waals surface area contributed by atoms with Crippen LogP contribution in [0, 0.1) is 5.82 Å². The minimum absolute atomic E-state index is 0.225. The first-order valence-electron chi connectivity index (χ1n) is 5.76.